The summed E-state index contributed by atoms with van der Waals surface area (Å²) in [5, 5.41) is 12.4. The average molecular weight is 1040 g/mol. The summed E-state index contributed by atoms with van der Waals surface area (Å²) in [6.07, 6.45) is 9.00. The van der Waals surface area contributed by atoms with E-state index in [4.69, 9.17) is 42.0 Å². The highest BCUT2D eigenvalue weighted by Gasteiger charge is 2.58. The number of methoxy groups -OCH3 is 1. The van der Waals surface area contributed by atoms with E-state index in [1.54, 1.807) is 20.8 Å². The topological polar surface area (TPSA) is 172 Å². The maximum atomic E-state index is 14.6. The molecule has 4 rings (SSSR count). The van der Waals surface area contributed by atoms with E-state index in [-0.39, 0.29) is 66.3 Å². The van der Waals surface area contributed by atoms with Crippen molar-refractivity contribution in [1.29, 1.82) is 0 Å². The van der Waals surface area contributed by atoms with Gasteiger partial charge in [-0.25, -0.2) is 4.79 Å². The lowest BCUT2D eigenvalue weighted by molar-refractivity contribution is -0.342. The Morgan fingerprint density at radius 3 is 2.10 bits per heavy atom. The van der Waals surface area contributed by atoms with Crippen LogP contribution in [-0.2, 0) is 61.2 Å². The predicted molar refractivity (Wildman–Crippen MR) is 279 cm³/mol. The molecule has 0 aromatic heterocycles. The van der Waals surface area contributed by atoms with Crippen molar-refractivity contribution in [2.45, 2.75) is 257 Å². The molecule has 16 heteroatoms. The number of allylic oxidation sites excluding steroid dienone is 1. The van der Waals surface area contributed by atoms with Crippen molar-refractivity contribution in [3.63, 3.8) is 0 Å². The molecule has 408 valence electrons. The summed E-state index contributed by atoms with van der Waals surface area (Å²) in [7, 11) is -3.58. The van der Waals surface area contributed by atoms with Gasteiger partial charge in [-0.3, -0.25) is 14.4 Å². The van der Waals surface area contributed by atoms with Crippen molar-refractivity contribution in [1.82, 2.24) is 0 Å². The second-order valence-electron chi connectivity index (χ2n) is 25.2. The Kier molecular flexibility index (Phi) is 21.6. The first-order valence-corrected chi connectivity index (χ1v) is 32.6. The molecular weight excluding hydrogens is 941 g/mol. The zero-order valence-corrected chi connectivity index (χ0v) is 48.9. The van der Waals surface area contributed by atoms with Crippen molar-refractivity contribution in [3.8, 4) is 0 Å². The molecule has 1 aliphatic carbocycles. The van der Waals surface area contributed by atoms with E-state index >= 15 is 0 Å². The minimum absolute atomic E-state index is 0.00723. The fourth-order valence-electron chi connectivity index (χ4n) is 10.2. The van der Waals surface area contributed by atoms with E-state index in [0.29, 0.717) is 37.1 Å². The summed E-state index contributed by atoms with van der Waals surface area (Å²) in [5.74, 6) is -3.26. The largest absolute Gasteiger partial charge is 0.466 e. The molecule has 1 saturated carbocycles. The highest BCUT2D eigenvalue weighted by atomic mass is 28.4. The van der Waals surface area contributed by atoms with Gasteiger partial charge in [0.15, 0.2) is 28.5 Å². The third kappa shape index (κ3) is 16.4. The highest BCUT2D eigenvalue weighted by Crippen LogP contribution is 2.49. The van der Waals surface area contributed by atoms with Crippen LogP contribution in [0.1, 0.15) is 167 Å². The van der Waals surface area contributed by atoms with Crippen LogP contribution in [0.25, 0.3) is 0 Å². The van der Waals surface area contributed by atoms with Crippen LogP contribution in [-0.4, -0.2) is 121 Å². The summed E-state index contributed by atoms with van der Waals surface area (Å²) in [4.78, 5) is 51.9. The molecule has 4 fully saturated rings. The van der Waals surface area contributed by atoms with Crippen LogP contribution in [0, 0.1) is 23.2 Å². The number of hydrogen-bond donors (Lipinski definition) is 1. The number of ether oxygens (including phenoxy) is 7. The van der Waals surface area contributed by atoms with Gasteiger partial charge in [-0.2, -0.15) is 0 Å². The molecule has 0 amide bonds. The number of hydrogen-bond acceptors (Lipinski definition) is 14. The van der Waals surface area contributed by atoms with Gasteiger partial charge >= 0.3 is 17.9 Å². The van der Waals surface area contributed by atoms with Crippen LogP contribution in [0.4, 0.5) is 0 Å². The Hall–Kier alpha value is -2.29. The van der Waals surface area contributed by atoms with E-state index in [9.17, 15) is 24.3 Å². The lowest BCUT2D eigenvalue weighted by Crippen LogP contribution is -2.62. The molecular formula is C55H96O14Si2. The second kappa shape index (κ2) is 25.0. The molecule has 3 aliphatic heterocycles. The Labute approximate surface area is 430 Å². The summed E-state index contributed by atoms with van der Waals surface area (Å²) >= 11 is 0. The van der Waals surface area contributed by atoms with Crippen molar-refractivity contribution < 1.29 is 66.3 Å². The third-order valence-electron chi connectivity index (χ3n) is 16.6. The van der Waals surface area contributed by atoms with Crippen molar-refractivity contribution >= 4 is 40.8 Å². The van der Waals surface area contributed by atoms with E-state index < -0.39 is 75.9 Å². The zero-order chi connectivity index (χ0) is 53.4. The van der Waals surface area contributed by atoms with Crippen LogP contribution in [0.2, 0.25) is 36.3 Å². The zero-order valence-electron chi connectivity index (χ0n) is 46.9. The quantitative estimate of drug-likeness (QED) is 0.0378. The summed E-state index contributed by atoms with van der Waals surface area (Å²) in [6, 6.07) is 0. The first kappa shape index (κ1) is 61.3. The summed E-state index contributed by atoms with van der Waals surface area (Å²) in [6.45, 7) is 34.1. The van der Waals surface area contributed by atoms with Gasteiger partial charge in [-0.1, -0.05) is 95.6 Å². The number of carbonyl (C=O) groups excluding carboxylic acids is 4. The van der Waals surface area contributed by atoms with Gasteiger partial charge < -0.3 is 47.1 Å². The maximum Gasteiger partial charge on any atom is 0.330 e. The predicted octanol–water partition coefficient (Wildman–Crippen LogP) is 11.1. The average Bonchev–Trinajstić information content (AvgIpc) is 3.24. The van der Waals surface area contributed by atoms with Gasteiger partial charge in [0.2, 0.25) is 5.79 Å². The molecule has 0 aromatic rings. The third-order valence-corrected chi connectivity index (χ3v) is 25.6. The van der Waals surface area contributed by atoms with Crippen molar-refractivity contribution in [3.05, 3.63) is 23.8 Å². The van der Waals surface area contributed by atoms with E-state index in [1.807, 2.05) is 0 Å². The molecule has 1 N–H and O–H groups in total. The minimum Gasteiger partial charge on any atom is -0.466 e. The number of esters is 3. The van der Waals surface area contributed by atoms with Gasteiger partial charge in [-0.15, -0.1) is 0 Å². The molecule has 1 spiro atoms. The fraction of sp³-hybridized carbons (Fsp3) is 0.855. The molecule has 4 aliphatic rings. The van der Waals surface area contributed by atoms with Gasteiger partial charge in [-0.05, 0) is 111 Å². The molecule has 2 unspecified atom stereocenters. The smallest absolute Gasteiger partial charge is 0.330 e. The Morgan fingerprint density at radius 1 is 0.845 bits per heavy atom. The highest BCUT2D eigenvalue weighted by molar-refractivity contribution is 6.74. The molecule has 0 bridgehead atoms. The van der Waals surface area contributed by atoms with Gasteiger partial charge in [0.05, 0.1) is 57.3 Å². The van der Waals surface area contributed by atoms with Gasteiger partial charge in [0.1, 0.15) is 12.4 Å². The molecule has 0 radical (unpaired) electrons. The Bertz CT molecular complexity index is 1830. The Morgan fingerprint density at radius 2 is 1.49 bits per heavy atom. The lowest BCUT2D eigenvalue weighted by Gasteiger charge is -2.51. The van der Waals surface area contributed by atoms with Crippen LogP contribution in [0.15, 0.2) is 23.8 Å². The fourth-order valence-corrected chi connectivity index (χ4v) is 12.6. The van der Waals surface area contributed by atoms with Crippen LogP contribution in [0.3, 0.4) is 0 Å². The molecule has 71 heavy (non-hydrogen) atoms. The molecule has 3 heterocycles. The first-order chi connectivity index (χ1) is 32.8. The second-order valence-corrected chi connectivity index (χ2v) is 34.7. The Balaban J connectivity index is 1.62. The van der Waals surface area contributed by atoms with Crippen LogP contribution in [0.5, 0.6) is 0 Å². The number of rotatable bonds is 21. The number of carbonyl (C=O) groups is 4. The van der Waals surface area contributed by atoms with Crippen LogP contribution < -0.4 is 0 Å². The lowest BCUT2D eigenvalue weighted by atomic mass is 9.72. The van der Waals surface area contributed by atoms with Crippen molar-refractivity contribution in [2.75, 3.05) is 20.3 Å². The van der Waals surface area contributed by atoms with E-state index in [0.717, 1.165) is 44.9 Å². The number of aldehydes is 1. The SMILES string of the molecule is CCC(=O)O[C@H]1C(=CC(=O)OC)CC(C[C@H](CO[Si](C)(C)C(C)(C)C)OC(=O)C[C@@H](C[C@@H]2CCC[C@H](C[C@@H]3CCOC4(C[C@H](C)CC[C@H]4C(C)C)O3)O2)O[Si](C)(C)C(C)(C)C)O[C@@]1(O)C(C)(C)C=CC=O. The minimum atomic E-state index is -2.41. The molecule has 14 nitrogen and oxygen atoms in total. The van der Waals surface area contributed by atoms with Crippen LogP contribution >= 0.6 is 0 Å². The normalized spacial score (nSPS) is 30.9. The van der Waals surface area contributed by atoms with Crippen molar-refractivity contribution in [2.24, 2.45) is 23.2 Å². The monoisotopic (exact) mass is 1040 g/mol. The number of aliphatic hydroxyl groups is 1. The summed E-state index contributed by atoms with van der Waals surface area (Å²) in [5.41, 5.74) is -1.09. The van der Waals surface area contributed by atoms with E-state index in [1.165, 1.54) is 31.8 Å². The summed E-state index contributed by atoms with van der Waals surface area (Å²) < 4.78 is 58.2. The molecule has 11 atom stereocenters. The maximum absolute atomic E-state index is 14.6. The van der Waals surface area contributed by atoms with Gasteiger partial charge in [0.25, 0.3) is 0 Å². The molecule has 3 saturated heterocycles. The standard InChI is InChI=1S/C55H96O14Si2/c1-18-47(57)66-50-39(30-48(58)61-13)29-43(68-55(50,60)53(11,12)26-20-27-56)33-45(36-63-70(14,15)51(5,6)7)65-49(59)34-44(69-71(16,17)52(8,9)10)32-41-22-19-21-40(64-41)31-42-25-28-62-54(67-42)35-38(4)23-24-46(54)37(2)3/h20,26-27,30,37-38,40-46,50,60H,18-19,21-25,28-29,31-36H2,1-17H3/t38-,40-,41+,42+,43?,44-,45-,46+,50+,54?,55-/m1/s1. The molecule has 0 aromatic carbocycles. The van der Waals surface area contributed by atoms with Gasteiger partial charge in [0, 0.05) is 36.7 Å². The first-order valence-electron chi connectivity index (χ1n) is 26.8. The van der Waals surface area contributed by atoms with E-state index in [2.05, 4.69) is 88.5 Å².